The smallest absolute Gasteiger partial charge is 0.328 e. The summed E-state index contributed by atoms with van der Waals surface area (Å²) in [5.41, 5.74) is 0.227. The fourth-order valence-corrected chi connectivity index (χ4v) is 6.02. The maximum atomic E-state index is 13.0. The average Bonchev–Trinajstić information content (AvgIpc) is 3.52. The topological polar surface area (TPSA) is 118 Å². The van der Waals surface area contributed by atoms with Crippen LogP contribution in [0.15, 0.2) is 42.5 Å². The number of nitrogens with one attached hydrogen (secondary N) is 1. The van der Waals surface area contributed by atoms with E-state index in [9.17, 15) is 18.3 Å². The van der Waals surface area contributed by atoms with Crippen molar-refractivity contribution in [2.75, 3.05) is 47.1 Å². The van der Waals surface area contributed by atoms with Crippen LogP contribution in [0, 0.1) is 0 Å². The maximum absolute atomic E-state index is 13.0. The highest BCUT2D eigenvalue weighted by atomic mass is 32.2. The molecule has 0 aliphatic carbocycles. The largest absolute Gasteiger partial charge is 0.497 e. The van der Waals surface area contributed by atoms with Gasteiger partial charge in [0, 0.05) is 33.2 Å². The molecule has 0 aromatic heterocycles. The monoisotopic (exact) mass is 533 g/mol. The molecule has 0 saturated carbocycles. The zero-order chi connectivity index (χ0) is 26.6. The molecule has 1 fully saturated rings. The predicted octanol–water partition coefficient (Wildman–Crippen LogP) is 2.76. The van der Waals surface area contributed by atoms with Gasteiger partial charge < -0.3 is 19.3 Å². The van der Waals surface area contributed by atoms with Crippen molar-refractivity contribution >= 4 is 16.2 Å². The normalized spacial score (nSPS) is 21.5. The highest BCUT2D eigenvalue weighted by molar-refractivity contribution is 7.87. The van der Waals surface area contributed by atoms with E-state index in [2.05, 4.69) is 4.72 Å². The van der Waals surface area contributed by atoms with Gasteiger partial charge in [0.05, 0.1) is 7.11 Å². The van der Waals surface area contributed by atoms with Crippen molar-refractivity contribution in [3.63, 3.8) is 0 Å². The molecule has 2 aromatic rings. The fraction of sp³-hybridized carbons (Fsp3) is 0.500. The summed E-state index contributed by atoms with van der Waals surface area (Å²) in [6.45, 7) is 3.33. The number of methoxy groups -OCH3 is 1. The Labute approximate surface area is 218 Å². The number of benzene rings is 2. The first-order chi connectivity index (χ1) is 17.7. The quantitative estimate of drug-likeness (QED) is 0.428. The lowest BCUT2D eigenvalue weighted by molar-refractivity contribution is -0.150. The molecule has 2 unspecified atom stereocenters. The third-order valence-corrected chi connectivity index (χ3v) is 8.79. The average molecular weight is 534 g/mol. The molecule has 37 heavy (non-hydrogen) atoms. The van der Waals surface area contributed by atoms with Crippen LogP contribution < -0.4 is 18.9 Å². The fourth-order valence-electron chi connectivity index (χ4n) is 5.08. The predicted molar refractivity (Wildman–Crippen MR) is 138 cm³/mol. The van der Waals surface area contributed by atoms with E-state index in [4.69, 9.17) is 14.2 Å². The van der Waals surface area contributed by atoms with E-state index in [1.165, 1.54) is 4.31 Å². The number of nitrogens with zero attached hydrogens (tertiary/aromatic N) is 2. The standard InChI is InChI=1S/C26H35N3O7S/c1-4-5-13-28(2)37(32,33)27-12-14-29-17-20(19-6-11-23-24(15-19)36-18-35-23)16-26(29,25(30)31)21-7-9-22(34-3)10-8-21/h6-11,15,20,27H,4-5,12-14,16-18H2,1-3H3,(H,30,31). The highest BCUT2D eigenvalue weighted by Crippen LogP contribution is 2.47. The zero-order valence-electron chi connectivity index (χ0n) is 21.5. The lowest BCUT2D eigenvalue weighted by Crippen LogP contribution is -2.51. The van der Waals surface area contributed by atoms with Crippen LogP contribution in [0.2, 0.25) is 0 Å². The molecular weight excluding hydrogens is 498 g/mol. The van der Waals surface area contributed by atoms with Crippen LogP contribution in [-0.2, 0) is 20.5 Å². The molecule has 2 aliphatic heterocycles. The van der Waals surface area contributed by atoms with Crippen LogP contribution in [0.25, 0.3) is 0 Å². The molecule has 4 rings (SSSR count). The van der Waals surface area contributed by atoms with Crippen molar-refractivity contribution in [2.45, 2.75) is 37.6 Å². The van der Waals surface area contributed by atoms with Gasteiger partial charge in [-0.1, -0.05) is 31.5 Å². The highest BCUT2D eigenvalue weighted by Gasteiger charge is 2.53. The summed E-state index contributed by atoms with van der Waals surface area (Å²) in [7, 11) is -0.563. The number of likely N-dealkylation sites (tertiary alicyclic amines) is 1. The second-order valence-corrected chi connectivity index (χ2v) is 11.3. The molecule has 0 bridgehead atoms. The molecule has 11 heteroatoms. The second-order valence-electron chi connectivity index (χ2n) is 9.43. The van der Waals surface area contributed by atoms with E-state index in [1.807, 2.05) is 30.0 Å². The summed E-state index contributed by atoms with van der Waals surface area (Å²) in [6.07, 6.45) is 1.97. The molecule has 1 saturated heterocycles. The summed E-state index contributed by atoms with van der Waals surface area (Å²) >= 11 is 0. The number of carboxylic acid groups (broad SMARTS) is 1. The Morgan fingerprint density at radius 2 is 1.95 bits per heavy atom. The van der Waals surface area contributed by atoms with Crippen molar-refractivity contribution in [1.82, 2.24) is 13.9 Å². The molecule has 2 atom stereocenters. The van der Waals surface area contributed by atoms with E-state index in [0.717, 1.165) is 18.4 Å². The van der Waals surface area contributed by atoms with Gasteiger partial charge in [0.2, 0.25) is 6.79 Å². The molecule has 2 aliphatic rings. The van der Waals surface area contributed by atoms with Gasteiger partial charge in [0.15, 0.2) is 11.5 Å². The zero-order valence-corrected chi connectivity index (χ0v) is 22.3. The second kappa shape index (κ2) is 11.3. The van der Waals surface area contributed by atoms with Gasteiger partial charge in [-0.05, 0) is 54.2 Å². The molecule has 0 spiro atoms. The van der Waals surface area contributed by atoms with Crippen molar-refractivity contribution in [3.05, 3.63) is 53.6 Å². The van der Waals surface area contributed by atoms with Crippen LogP contribution in [-0.4, -0.2) is 75.8 Å². The number of carbonyl (C=O) groups is 1. The van der Waals surface area contributed by atoms with Gasteiger partial charge >= 0.3 is 5.97 Å². The van der Waals surface area contributed by atoms with Crippen molar-refractivity contribution in [3.8, 4) is 17.2 Å². The Morgan fingerprint density at radius 1 is 1.22 bits per heavy atom. The van der Waals surface area contributed by atoms with Gasteiger partial charge in [-0.25, -0.2) is 9.52 Å². The van der Waals surface area contributed by atoms with Gasteiger partial charge in [0.1, 0.15) is 11.3 Å². The summed E-state index contributed by atoms with van der Waals surface area (Å²) < 4.78 is 45.5. The third-order valence-electron chi connectivity index (χ3n) is 7.21. The van der Waals surface area contributed by atoms with Crippen molar-refractivity contribution in [2.24, 2.45) is 0 Å². The first-order valence-corrected chi connectivity index (χ1v) is 13.9. The minimum atomic E-state index is -3.67. The molecule has 0 radical (unpaired) electrons. The first-order valence-electron chi connectivity index (χ1n) is 12.4. The Hall–Kier alpha value is -2.86. The van der Waals surface area contributed by atoms with Gasteiger partial charge in [0.25, 0.3) is 10.2 Å². The van der Waals surface area contributed by atoms with Crippen molar-refractivity contribution < 1.29 is 32.5 Å². The number of carboxylic acids is 1. The summed E-state index contributed by atoms with van der Waals surface area (Å²) in [4.78, 5) is 14.8. The van der Waals surface area contributed by atoms with Gasteiger partial charge in [-0.2, -0.15) is 12.7 Å². The van der Waals surface area contributed by atoms with E-state index in [1.54, 1.807) is 38.4 Å². The van der Waals surface area contributed by atoms with E-state index >= 15 is 0 Å². The molecule has 2 N–H and O–H groups in total. The maximum Gasteiger partial charge on any atom is 0.328 e. The van der Waals surface area contributed by atoms with Crippen LogP contribution in [0.4, 0.5) is 0 Å². The van der Waals surface area contributed by atoms with Gasteiger partial charge in [-0.15, -0.1) is 0 Å². The summed E-state index contributed by atoms with van der Waals surface area (Å²) in [5.74, 6) is 0.841. The molecule has 2 aromatic carbocycles. The lowest BCUT2D eigenvalue weighted by atomic mass is 9.83. The Balaban J connectivity index is 1.61. The van der Waals surface area contributed by atoms with E-state index in [0.29, 0.717) is 42.3 Å². The number of rotatable bonds is 12. The van der Waals surface area contributed by atoms with Crippen LogP contribution in [0.1, 0.15) is 43.2 Å². The third kappa shape index (κ3) is 5.54. The first kappa shape index (κ1) is 27.2. The minimum absolute atomic E-state index is 0.0812. The molecule has 202 valence electrons. The number of ether oxygens (including phenoxy) is 3. The lowest BCUT2D eigenvalue weighted by Gasteiger charge is -2.35. The Bertz CT molecular complexity index is 1210. The number of hydrogen-bond donors (Lipinski definition) is 2. The Morgan fingerprint density at radius 3 is 2.62 bits per heavy atom. The van der Waals surface area contributed by atoms with Crippen LogP contribution >= 0.6 is 0 Å². The minimum Gasteiger partial charge on any atom is -0.497 e. The Kier molecular flexibility index (Phi) is 8.27. The summed E-state index contributed by atoms with van der Waals surface area (Å²) in [6, 6.07) is 12.7. The number of fused-ring (bicyclic) bond motifs is 1. The number of unbranched alkanes of at least 4 members (excludes halogenated alkanes) is 1. The molecule has 10 nitrogen and oxygen atoms in total. The number of hydrogen-bond acceptors (Lipinski definition) is 7. The SMILES string of the molecule is CCCCN(C)S(=O)(=O)NCCN1CC(c2ccc3c(c2)OCO3)CC1(C(=O)O)c1ccc(OC)cc1. The van der Waals surface area contributed by atoms with Gasteiger partial charge in [-0.3, -0.25) is 4.90 Å². The number of aliphatic carboxylic acids is 1. The van der Waals surface area contributed by atoms with Crippen LogP contribution in [0.3, 0.4) is 0 Å². The summed E-state index contributed by atoms with van der Waals surface area (Å²) in [5, 5.41) is 10.6. The van der Waals surface area contributed by atoms with Crippen LogP contribution in [0.5, 0.6) is 17.2 Å². The molecule has 2 heterocycles. The van der Waals surface area contributed by atoms with Crippen molar-refractivity contribution in [1.29, 1.82) is 0 Å². The van der Waals surface area contributed by atoms with E-state index < -0.39 is 21.7 Å². The molecule has 0 amide bonds. The van der Waals surface area contributed by atoms with E-state index in [-0.39, 0.29) is 25.8 Å². The molecular formula is C26H35N3O7S.